The van der Waals surface area contributed by atoms with E-state index in [-0.39, 0.29) is 12.6 Å². The van der Waals surface area contributed by atoms with Gasteiger partial charge in [-0.25, -0.2) is 0 Å². The SMILES string of the molecule is CNC(CO)COC1CCC(C)(C)CC1. The van der Waals surface area contributed by atoms with Gasteiger partial charge in [-0.05, 0) is 38.1 Å². The van der Waals surface area contributed by atoms with E-state index in [2.05, 4.69) is 19.2 Å². The molecule has 0 aliphatic heterocycles. The Labute approximate surface area is 93.2 Å². The van der Waals surface area contributed by atoms with E-state index in [1.54, 1.807) is 0 Å². The van der Waals surface area contributed by atoms with E-state index >= 15 is 0 Å². The van der Waals surface area contributed by atoms with Crippen LogP contribution in [0.25, 0.3) is 0 Å². The highest BCUT2D eigenvalue weighted by atomic mass is 16.5. The third-order valence-corrected chi connectivity index (χ3v) is 3.45. The number of ether oxygens (including phenoxy) is 1. The lowest BCUT2D eigenvalue weighted by Crippen LogP contribution is -2.36. The van der Waals surface area contributed by atoms with Crippen LogP contribution in [0.1, 0.15) is 39.5 Å². The van der Waals surface area contributed by atoms with E-state index in [1.807, 2.05) is 7.05 Å². The Morgan fingerprint density at radius 2 is 2.00 bits per heavy atom. The smallest absolute Gasteiger partial charge is 0.0645 e. The quantitative estimate of drug-likeness (QED) is 0.731. The summed E-state index contributed by atoms with van der Waals surface area (Å²) in [6, 6.07) is 0.0833. The van der Waals surface area contributed by atoms with Gasteiger partial charge in [0.25, 0.3) is 0 Å². The van der Waals surface area contributed by atoms with Crippen LogP contribution in [0.15, 0.2) is 0 Å². The summed E-state index contributed by atoms with van der Waals surface area (Å²) in [7, 11) is 1.86. The maximum Gasteiger partial charge on any atom is 0.0645 e. The molecule has 0 bridgehead atoms. The minimum atomic E-state index is 0.0833. The van der Waals surface area contributed by atoms with Gasteiger partial charge in [-0.1, -0.05) is 13.8 Å². The molecule has 1 saturated carbocycles. The van der Waals surface area contributed by atoms with Crippen LogP contribution in [0.5, 0.6) is 0 Å². The minimum absolute atomic E-state index is 0.0833. The number of hydrogen-bond donors (Lipinski definition) is 2. The largest absolute Gasteiger partial charge is 0.395 e. The Hall–Kier alpha value is -0.120. The molecule has 1 aliphatic carbocycles. The van der Waals surface area contributed by atoms with Crippen LogP contribution < -0.4 is 5.32 Å². The molecule has 15 heavy (non-hydrogen) atoms. The van der Waals surface area contributed by atoms with Crippen molar-refractivity contribution in [3.8, 4) is 0 Å². The van der Waals surface area contributed by atoms with Crippen molar-refractivity contribution in [2.45, 2.75) is 51.7 Å². The van der Waals surface area contributed by atoms with Crippen LogP contribution in [0.4, 0.5) is 0 Å². The summed E-state index contributed by atoms with van der Waals surface area (Å²) in [6.45, 7) is 5.42. The highest BCUT2D eigenvalue weighted by Gasteiger charge is 2.27. The van der Waals surface area contributed by atoms with Crippen molar-refractivity contribution in [2.24, 2.45) is 5.41 Å². The molecule has 3 nitrogen and oxygen atoms in total. The van der Waals surface area contributed by atoms with E-state index in [0.29, 0.717) is 18.1 Å². The molecule has 1 fully saturated rings. The first-order chi connectivity index (χ1) is 7.07. The summed E-state index contributed by atoms with van der Waals surface area (Å²) in [4.78, 5) is 0. The van der Waals surface area contributed by atoms with Crippen LogP contribution in [0, 0.1) is 5.41 Å². The summed E-state index contributed by atoms with van der Waals surface area (Å²) in [5.74, 6) is 0. The Morgan fingerprint density at radius 3 is 2.47 bits per heavy atom. The first kappa shape index (κ1) is 12.9. The number of aliphatic hydroxyl groups is 1. The molecular formula is C12H25NO2. The first-order valence-electron chi connectivity index (χ1n) is 5.97. The summed E-state index contributed by atoms with van der Waals surface area (Å²) in [5, 5.41) is 12.0. The van der Waals surface area contributed by atoms with E-state index in [1.165, 1.54) is 12.8 Å². The second-order valence-electron chi connectivity index (χ2n) is 5.37. The molecule has 0 amide bonds. The Balaban J connectivity index is 2.18. The zero-order chi connectivity index (χ0) is 11.3. The summed E-state index contributed by atoms with van der Waals surface area (Å²) in [5.41, 5.74) is 0.499. The predicted octanol–water partition coefficient (Wildman–Crippen LogP) is 1.55. The highest BCUT2D eigenvalue weighted by Crippen LogP contribution is 2.36. The van der Waals surface area contributed by atoms with Gasteiger partial charge in [0, 0.05) is 0 Å². The molecule has 1 rings (SSSR count). The Bertz CT molecular complexity index is 168. The van der Waals surface area contributed by atoms with Crippen molar-refractivity contribution in [3.63, 3.8) is 0 Å². The summed E-state index contributed by atoms with van der Waals surface area (Å²) < 4.78 is 5.80. The van der Waals surface area contributed by atoms with Crippen molar-refractivity contribution in [3.05, 3.63) is 0 Å². The lowest BCUT2D eigenvalue weighted by molar-refractivity contribution is -0.0109. The predicted molar refractivity (Wildman–Crippen MR) is 61.9 cm³/mol. The molecule has 1 atom stereocenters. The van der Waals surface area contributed by atoms with Gasteiger partial charge >= 0.3 is 0 Å². The lowest BCUT2D eigenvalue weighted by atomic mass is 9.76. The van der Waals surface area contributed by atoms with E-state index in [0.717, 1.165) is 12.8 Å². The van der Waals surface area contributed by atoms with Crippen LogP contribution in [-0.4, -0.2) is 37.5 Å². The van der Waals surface area contributed by atoms with Crippen molar-refractivity contribution in [1.82, 2.24) is 5.32 Å². The van der Waals surface area contributed by atoms with Crippen LogP contribution in [0.3, 0.4) is 0 Å². The van der Waals surface area contributed by atoms with Crippen molar-refractivity contribution < 1.29 is 9.84 Å². The molecule has 1 unspecified atom stereocenters. The monoisotopic (exact) mass is 215 g/mol. The maximum absolute atomic E-state index is 9.00. The number of likely N-dealkylation sites (N-methyl/N-ethyl adjacent to an activating group) is 1. The highest BCUT2D eigenvalue weighted by molar-refractivity contribution is 4.79. The van der Waals surface area contributed by atoms with Crippen molar-refractivity contribution in [1.29, 1.82) is 0 Å². The van der Waals surface area contributed by atoms with Gasteiger partial charge in [-0.3, -0.25) is 0 Å². The third-order valence-electron chi connectivity index (χ3n) is 3.45. The van der Waals surface area contributed by atoms with Crippen molar-refractivity contribution >= 4 is 0 Å². The molecule has 0 spiro atoms. The van der Waals surface area contributed by atoms with Gasteiger partial charge in [0.15, 0.2) is 0 Å². The zero-order valence-electron chi connectivity index (χ0n) is 10.3. The fraction of sp³-hybridized carbons (Fsp3) is 1.00. The average molecular weight is 215 g/mol. The van der Waals surface area contributed by atoms with E-state index in [4.69, 9.17) is 9.84 Å². The topological polar surface area (TPSA) is 41.5 Å². The van der Waals surface area contributed by atoms with Crippen LogP contribution >= 0.6 is 0 Å². The zero-order valence-corrected chi connectivity index (χ0v) is 10.3. The standard InChI is InChI=1S/C12H25NO2/c1-12(2)6-4-11(5-7-12)15-9-10(8-14)13-3/h10-11,13-14H,4-9H2,1-3H3. The van der Waals surface area contributed by atoms with E-state index < -0.39 is 0 Å². The Kier molecular flexibility index (Phi) is 5.03. The normalized spacial score (nSPS) is 24.0. The van der Waals surface area contributed by atoms with Gasteiger partial charge in [0.2, 0.25) is 0 Å². The fourth-order valence-electron chi connectivity index (χ4n) is 2.02. The van der Waals surface area contributed by atoms with Gasteiger partial charge in [-0.15, -0.1) is 0 Å². The van der Waals surface area contributed by atoms with Crippen molar-refractivity contribution in [2.75, 3.05) is 20.3 Å². The summed E-state index contributed by atoms with van der Waals surface area (Å²) in [6.07, 6.45) is 5.23. The number of hydrogen-bond acceptors (Lipinski definition) is 3. The molecule has 0 aromatic heterocycles. The molecule has 0 radical (unpaired) electrons. The first-order valence-corrected chi connectivity index (χ1v) is 5.97. The molecule has 0 aromatic rings. The van der Waals surface area contributed by atoms with Gasteiger partial charge in [0.05, 0.1) is 25.4 Å². The lowest BCUT2D eigenvalue weighted by Gasteiger charge is -2.34. The molecule has 0 saturated heterocycles. The second kappa shape index (κ2) is 5.83. The average Bonchev–Trinajstić information content (AvgIpc) is 2.21. The second-order valence-corrected chi connectivity index (χ2v) is 5.37. The molecule has 3 heteroatoms. The molecule has 90 valence electrons. The number of aliphatic hydroxyl groups excluding tert-OH is 1. The molecule has 2 N–H and O–H groups in total. The Morgan fingerprint density at radius 1 is 1.40 bits per heavy atom. The van der Waals surface area contributed by atoms with E-state index in [9.17, 15) is 0 Å². The van der Waals surface area contributed by atoms with Crippen LogP contribution in [-0.2, 0) is 4.74 Å². The number of rotatable bonds is 5. The van der Waals surface area contributed by atoms with Gasteiger partial charge in [0.1, 0.15) is 0 Å². The maximum atomic E-state index is 9.00. The minimum Gasteiger partial charge on any atom is -0.395 e. The molecular weight excluding hydrogens is 190 g/mol. The van der Waals surface area contributed by atoms with Gasteiger partial charge < -0.3 is 15.2 Å². The molecule has 0 heterocycles. The molecule has 0 aromatic carbocycles. The summed E-state index contributed by atoms with van der Waals surface area (Å²) >= 11 is 0. The van der Waals surface area contributed by atoms with Crippen LogP contribution in [0.2, 0.25) is 0 Å². The number of nitrogens with one attached hydrogen (secondary N) is 1. The molecule has 1 aliphatic rings. The third kappa shape index (κ3) is 4.49. The fourth-order valence-corrected chi connectivity index (χ4v) is 2.02. The van der Waals surface area contributed by atoms with Gasteiger partial charge in [-0.2, -0.15) is 0 Å².